The molecule has 0 N–H and O–H groups in total. The van der Waals surface area contributed by atoms with Gasteiger partial charge in [0.2, 0.25) is 0 Å². The number of alkyl halides is 1. The zero-order valence-corrected chi connectivity index (χ0v) is 11.0. The summed E-state index contributed by atoms with van der Waals surface area (Å²) in [4.78, 5) is 1.39. The molecule has 0 saturated carbocycles. The van der Waals surface area contributed by atoms with Crippen LogP contribution in [0.1, 0.15) is 6.92 Å². The normalized spacial score (nSPS) is 13.8. The lowest BCUT2D eigenvalue weighted by molar-refractivity contribution is 0.602. The van der Waals surface area contributed by atoms with E-state index in [2.05, 4.69) is 0 Å². The van der Waals surface area contributed by atoms with E-state index in [4.69, 9.17) is 11.6 Å². The summed E-state index contributed by atoms with van der Waals surface area (Å²) in [5, 5.41) is 0.329. The SMILES string of the molecule is CC(CCl)Sc1ccc(S(C)(=O)=O)cc1. The first kappa shape index (κ1) is 12.9. The molecule has 0 bridgehead atoms. The van der Waals surface area contributed by atoms with Gasteiger partial charge in [-0.05, 0) is 24.3 Å². The Kier molecular flexibility index (Phi) is 4.49. The molecule has 0 aliphatic rings. The third-order valence-electron chi connectivity index (χ3n) is 1.81. The van der Waals surface area contributed by atoms with E-state index in [0.29, 0.717) is 16.0 Å². The molecule has 0 spiro atoms. The first-order chi connectivity index (χ1) is 6.93. The van der Waals surface area contributed by atoms with Gasteiger partial charge in [-0.15, -0.1) is 23.4 Å². The average molecular weight is 265 g/mol. The van der Waals surface area contributed by atoms with Crippen molar-refractivity contribution in [3.8, 4) is 0 Å². The lowest BCUT2D eigenvalue weighted by Gasteiger charge is -2.07. The van der Waals surface area contributed by atoms with Crippen molar-refractivity contribution in [2.75, 3.05) is 12.1 Å². The van der Waals surface area contributed by atoms with Crippen LogP contribution in [0.4, 0.5) is 0 Å². The summed E-state index contributed by atoms with van der Waals surface area (Å²) in [5.74, 6) is 0.582. The zero-order valence-electron chi connectivity index (χ0n) is 8.60. The highest BCUT2D eigenvalue weighted by Crippen LogP contribution is 2.24. The molecule has 0 fully saturated rings. The highest BCUT2D eigenvalue weighted by Gasteiger charge is 2.07. The summed E-state index contributed by atoms with van der Waals surface area (Å²) in [6, 6.07) is 6.87. The molecule has 0 amide bonds. The fourth-order valence-electron chi connectivity index (χ4n) is 1.03. The predicted molar refractivity (Wildman–Crippen MR) is 65.6 cm³/mol. The van der Waals surface area contributed by atoms with Crippen molar-refractivity contribution >= 4 is 33.2 Å². The summed E-state index contributed by atoms with van der Waals surface area (Å²) in [6.45, 7) is 2.03. The molecule has 0 aromatic heterocycles. The molecule has 0 aliphatic carbocycles. The van der Waals surface area contributed by atoms with E-state index in [9.17, 15) is 8.42 Å². The monoisotopic (exact) mass is 264 g/mol. The van der Waals surface area contributed by atoms with Crippen molar-refractivity contribution in [2.45, 2.75) is 22.0 Å². The standard InChI is InChI=1S/C10H13ClO2S2/c1-8(7-11)14-9-3-5-10(6-4-9)15(2,12)13/h3-6,8H,7H2,1-2H3. The largest absolute Gasteiger partial charge is 0.224 e. The van der Waals surface area contributed by atoms with E-state index < -0.39 is 9.84 Å². The van der Waals surface area contributed by atoms with Crippen molar-refractivity contribution in [3.63, 3.8) is 0 Å². The molecule has 0 aliphatic heterocycles. The van der Waals surface area contributed by atoms with Gasteiger partial charge >= 0.3 is 0 Å². The van der Waals surface area contributed by atoms with Crippen LogP contribution in [-0.2, 0) is 9.84 Å². The Balaban J connectivity index is 2.82. The topological polar surface area (TPSA) is 34.1 Å². The van der Waals surface area contributed by atoms with Gasteiger partial charge in [-0.2, -0.15) is 0 Å². The summed E-state index contributed by atoms with van der Waals surface area (Å²) in [6.07, 6.45) is 1.20. The predicted octanol–water partition coefficient (Wildman–Crippen LogP) is 2.81. The maximum absolute atomic E-state index is 11.2. The van der Waals surface area contributed by atoms with Crippen molar-refractivity contribution in [1.29, 1.82) is 0 Å². The van der Waals surface area contributed by atoms with Gasteiger partial charge in [0.1, 0.15) is 0 Å². The van der Waals surface area contributed by atoms with Crippen molar-refractivity contribution in [1.82, 2.24) is 0 Å². The number of hydrogen-bond donors (Lipinski definition) is 0. The van der Waals surface area contributed by atoms with Gasteiger partial charge in [0.05, 0.1) is 4.90 Å². The number of halogens is 1. The van der Waals surface area contributed by atoms with Gasteiger partial charge in [-0.1, -0.05) is 6.92 Å². The van der Waals surface area contributed by atoms with Crippen LogP contribution in [0.5, 0.6) is 0 Å². The minimum atomic E-state index is -3.09. The Bertz CT molecular complexity index is 412. The molecule has 5 heteroatoms. The average Bonchev–Trinajstić information content (AvgIpc) is 2.17. The van der Waals surface area contributed by atoms with Crippen molar-refractivity contribution < 1.29 is 8.42 Å². The first-order valence-corrected chi connectivity index (χ1v) is 7.77. The molecule has 1 atom stereocenters. The van der Waals surface area contributed by atoms with E-state index in [1.165, 1.54) is 6.26 Å². The molecule has 0 saturated heterocycles. The summed E-state index contributed by atoms with van der Waals surface area (Å²) < 4.78 is 22.4. The maximum Gasteiger partial charge on any atom is 0.175 e. The Morgan fingerprint density at radius 2 is 1.87 bits per heavy atom. The Labute approximate surface area is 99.9 Å². The fraction of sp³-hybridized carbons (Fsp3) is 0.400. The van der Waals surface area contributed by atoms with Gasteiger partial charge in [0, 0.05) is 22.3 Å². The van der Waals surface area contributed by atoms with Gasteiger partial charge in [0.15, 0.2) is 9.84 Å². The van der Waals surface area contributed by atoms with Crippen molar-refractivity contribution in [2.24, 2.45) is 0 Å². The molecule has 2 nitrogen and oxygen atoms in total. The van der Waals surface area contributed by atoms with Gasteiger partial charge in [-0.3, -0.25) is 0 Å². The van der Waals surface area contributed by atoms with Crippen LogP contribution in [0.25, 0.3) is 0 Å². The molecule has 0 radical (unpaired) electrons. The van der Waals surface area contributed by atoms with E-state index >= 15 is 0 Å². The zero-order chi connectivity index (χ0) is 11.5. The van der Waals surface area contributed by atoms with Crippen LogP contribution < -0.4 is 0 Å². The van der Waals surface area contributed by atoms with E-state index in [1.54, 1.807) is 23.9 Å². The van der Waals surface area contributed by atoms with Gasteiger partial charge < -0.3 is 0 Å². The molecule has 1 rings (SSSR count). The lowest BCUT2D eigenvalue weighted by atomic mass is 10.4. The smallest absolute Gasteiger partial charge is 0.175 e. The number of sulfone groups is 1. The minimum absolute atomic E-state index is 0.329. The second-order valence-electron chi connectivity index (χ2n) is 3.33. The maximum atomic E-state index is 11.2. The Morgan fingerprint density at radius 3 is 2.27 bits per heavy atom. The summed E-state index contributed by atoms with van der Waals surface area (Å²) in [7, 11) is -3.09. The molecule has 1 aromatic rings. The van der Waals surface area contributed by atoms with Crippen LogP contribution in [0.3, 0.4) is 0 Å². The number of hydrogen-bond acceptors (Lipinski definition) is 3. The highest BCUT2D eigenvalue weighted by molar-refractivity contribution is 8.00. The quantitative estimate of drug-likeness (QED) is 0.620. The minimum Gasteiger partial charge on any atom is -0.224 e. The molecular formula is C10H13ClO2S2. The third-order valence-corrected chi connectivity index (χ3v) is 4.69. The number of thioether (sulfide) groups is 1. The van der Waals surface area contributed by atoms with E-state index in [1.807, 2.05) is 19.1 Å². The number of benzene rings is 1. The first-order valence-electron chi connectivity index (χ1n) is 4.46. The third kappa shape index (κ3) is 4.05. The van der Waals surface area contributed by atoms with Crippen LogP contribution >= 0.6 is 23.4 Å². The highest BCUT2D eigenvalue weighted by atomic mass is 35.5. The second kappa shape index (κ2) is 5.23. The molecule has 1 aromatic carbocycles. The van der Waals surface area contributed by atoms with Crippen LogP contribution in [0.2, 0.25) is 0 Å². The summed E-state index contributed by atoms with van der Waals surface area (Å²) in [5.41, 5.74) is 0. The lowest BCUT2D eigenvalue weighted by Crippen LogP contribution is -1.98. The number of rotatable bonds is 4. The fourth-order valence-corrected chi connectivity index (χ4v) is 2.67. The van der Waals surface area contributed by atoms with E-state index in [-0.39, 0.29) is 0 Å². The molecule has 84 valence electrons. The molecule has 0 heterocycles. The van der Waals surface area contributed by atoms with Crippen LogP contribution in [-0.4, -0.2) is 25.8 Å². The van der Waals surface area contributed by atoms with Gasteiger partial charge in [0.25, 0.3) is 0 Å². The molecule has 15 heavy (non-hydrogen) atoms. The van der Waals surface area contributed by atoms with Gasteiger partial charge in [-0.25, -0.2) is 8.42 Å². The van der Waals surface area contributed by atoms with Crippen molar-refractivity contribution in [3.05, 3.63) is 24.3 Å². The van der Waals surface area contributed by atoms with E-state index in [0.717, 1.165) is 4.90 Å². The molecular weight excluding hydrogens is 252 g/mol. The van der Waals surface area contributed by atoms with Crippen LogP contribution in [0, 0.1) is 0 Å². The van der Waals surface area contributed by atoms with Crippen LogP contribution in [0.15, 0.2) is 34.1 Å². The molecule has 1 unspecified atom stereocenters. The Morgan fingerprint density at radius 1 is 1.33 bits per heavy atom. The second-order valence-corrected chi connectivity index (χ2v) is 7.16. The summed E-state index contributed by atoms with van der Waals surface area (Å²) >= 11 is 7.33. The Hall–Kier alpha value is -0.190.